The Morgan fingerprint density at radius 3 is 2.91 bits per heavy atom. The quantitative estimate of drug-likeness (QED) is 0.723. The van der Waals surface area contributed by atoms with Gasteiger partial charge in [-0.25, -0.2) is 0 Å². The van der Waals surface area contributed by atoms with Crippen molar-refractivity contribution >= 4 is 5.78 Å². The molecule has 0 spiro atoms. The highest BCUT2D eigenvalue weighted by Crippen LogP contribution is 2.62. The molecule has 0 unspecified atom stereocenters. The van der Waals surface area contributed by atoms with Crippen molar-refractivity contribution in [2.75, 3.05) is 0 Å². The van der Waals surface area contributed by atoms with Crippen LogP contribution < -0.4 is 5.32 Å². The maximum atomic E-state index is 12.7. The van der Waals surface area contributed by atoms with Crippen LogP contribution in [0.15, 0.2) is 11.6 Å². The van der Waals surface area contributed by atoms with Gasteiger partial charge in [0.15, 0.2) is 5.78 Å². The van der Waals surface area contributed by atoms with Gasteiger partial charge in [0.1, 0.15) is 0 Å². The molecule has 5 rings (SSSR count). The number of carbonyl (C=O) groups is 1. The van der Waals surface area contributed by atoms with Gasteiger partial charge in [-0.15, -0.1) is 0 Å². The third-order valence-corrected chi connectivity index (χ3v) is 7.95. The highest BCUT2D eigenvalue weighted by Gasteiger charge is 2.62. The zero-order valence-corrected chi connectivity index (χ0v) is 14.1. The third kappa shape index (κ3) is 1.93. The first kappa shape index (κ1) is 14.7. The summed E-state index contributed by atoms with van der Waals surface area (Å²) in [5.74, 6) is 2.51. The molecule has 0 radical (unpaired) electrons. The smallest absolute Gasteiger partial charge is 0.159 e. The Morgan fingerprint density at radius 1 is 1.22 bits per heavy atom. The van der Waals surface area contributed by atoms with Crippen molar-refractivity contribution in [3.63, 3.8) is 0 Å². The van der Waals surface area contributed by atoms with Crippen molar-refractivity contribution in [3.05, 3.63) is 11.6 Å². The zero-order chi connectivity index (χ0) is 15.8. The number of aliphatic hydroxyl groups is 1. The lowest BCUT2D eigenvalue weighted by Gasteiger charge is -2.47. The van der Waals surface area contributed by atoms with Gasteiger partial charge in [-0.2, -0.15) is 0 Å². The predicted molar refractivity (Wildman–Crippen MR) is 88.8 cm³/mol. The van der Waals surface area contributed by atoms with Crippen LogP contribution in [0.2, 0.25) is 0 Å². The molecular formula is C20H29NO2. The topological polar surface area (TPSA) is 49.3 Å². The van der Waals surface area contributed by atoms with Crippen LogP contribution in [-0.4, -0.2) is 28.6 Å². The molecule has 4 aliphatic carbocycles. The standard InChI is InChI=1S/C20H29NO2/c1-11-6-7-15-17(21-11)8-12-10-20(15,23)16-9-18(22)13-4-2-3-5-14(13)19(12)16/h9,11-15,17,19,21,23H,2-8,10H2,1H3/t11-,12-,13+,14+,15-,17-,19-,20+/m0/s1. The van der Waals surface area contributed by atoms with Gasteiger partial charge in [-0.05, 0) is 74.9 Å². The average molecular weight is 315 g/mol. The van der Waals surface area contributed by atoms with Gasteiger partial charge in [-0.1, -0.05) is 12.8 Å². The van der Waals surface area contributed by atoms with Crippen LogP contribution in [-0.2, 0) is 4.79 Å². The first-order chi connectivity index (χ1) is 11.1. The second-order valence-corrected chi connectivity index (χ2v) is 9.06. The van der Waals surface area contributed by atoms with E-state index in [0.717, 1.165) is 31.3 Å². The van der Waals surface area contributed by atoms with E-state index in [1.54, 1.807) is 0 Å². The molecule has 5 aliphatic rings. The van der Waals surface area contributed by atoms with Crippen LogP contribution in [0.1, 0.15) is 58.3 Å². The summed E-state index contributed by atoms with van der Waals surface area (Å²) in [6.45, 7) is 2.27. The van der Waals surface area contributed by atoms with E-state index in [1.165, 1.54) is 25.7 Å². The molecule has 4 fully saturated rings. The van der Waals surface area contributed by atoms with Gasteiger partial charge < -0.3 is 10.4 Å². The molecule has 1 aliphatic heterocycles. The van der Waals surface area contributed by atoms with E-state index in [2.05, 4.69) is 12.2 Å². The van der Waals surface area contributed by atoms with Crippen LogP contribution in [0, 0.1) is 29.6 Å². The maximum absolute atomic E-state index is 12.7. The van der Waals surface area contributed by atoms with Gasteiger partial charge in [0.05, 0.1) is 5.60 Å². The van der Waals surface area contributed by atoms with E-state index in [-0.39, 0.29) is 5.92 Å². The Bertz CT molecular complexity index is 570. The van der Waals surface area contributed by atoms with Crippen LogP contribution in [0.3, 0.4) is 0 Å². The van der Waals surface area contributed by atoms with Gasteiger partial charge in [0.25, 0.3) is 0 Å². The average Bonchev–Trinajstić information content (AvgIpc) is 2.76. The second-order valence-electron chi connectivity index (χ2n) is 9.06. The Balaban J connectivity index is 1.57. The minimum atomic E-state index is -0.691. The van der Waals surface area contributed by atoms with Crippen molar-refractivity contribution in [3.8, 4) is 0 Å². The predicted octanol–water partition coefficient (Wildman–Crippen LogP) is 2.83. The first-order valence-corrected chi connectivity index (χ1v) is 9.82. The zero-order valence-electron chi connectivity index (χ0n) is 14.1. The van der Waals surface area contributed by atoms with Crippen molar-refractivity contribution < 1.29 is 9.90 Å². The summed E-state index contributed by atoms with van der Waals surface area (Å²) >= 11 is 0. The highest BCUT2D eigenvalue weighted by atomic mass is 16.3. The SMILES string of the molecule is C[C@H]1CC[C@H]2[C@H](C[C@H]3C[C@]2(O)C2=CC(=O)[C@@H]4CCCC[C@H]4[C@@H]23)N1. The summed E-state index contributed by atoms with van der Waals surface area (Å²) in [5, 5.41) is 15.4. The first-order valence-electron chi connectivity index (χ1n) is 9.82. The minimum absolute atomic E-state index is 0.259. The van der Waals surface area contributed by atoms with Crippen molar-refractivity contribution in [1.82, 2.24) is 5.32 Å². The molecule has 3 nitrogen and oxygen atoms in total. The van der Waals surface area contributed by atoms with E-state index in [1.807, 2.05) is 6.08 Å². The number of allylic oxidation sites excluding steroid dienone is 1. The molecule has 3 heteroatoms. The van der Waals surface area contributed by atoms with Crippen LogP contribution >= 0.6 is 0 Å². The molecule has 0 aromatic heterocycles. The molecule has 2 N–H and O–H groups in total. The molecule has 1 heterocycles. The fourth-order valence-corrected chi connectivity index (χ4v) is 7.11. The number of hydrogen-bond acceptors (Lipinski definition) is 3. The molecular weight excluding hydrogens is 286 g/mol. The molecule has 1 saturated heterocycles. The molecule has 0 aromatic rings. The molecule has 3 saturated carbocycles. The summed E-state index contributed by atoms with van der Waals surface area (Å²) in [7, 11) is 0. The Labute approximate surface area is 138 Å². The van der Waals surface area contributed by atoms with Gasteiger partial charge >= 0.3 is 0 Å². The number of rotatable bonds is 0. The lowest BCUT2D eigenvalue weighted by Crippen LogP contribution is -2.57. The number of ketones is 1. The molecule has 2 bridgehead atoms. The van der Waals surface area contributed by atoms with Crippen LogP contribution in [0.4, 0.5) is 0 Å². The molecule has 8 atom stereocenters. The van der Waals surface area contributed by atoms with Gasteiger partial charge in [0, 0.05) is 23.9 Å². The molecule has 0 aromatic carbocycles. The van der Waals surface area contributed by atoms with Crippen LogP contribution in [0.25, 0.3) is 0 Å². The van der Waals surface area contributed by atoms with Crippen molar-refractivity contribution in [2.24, 2.45) is 29.6 Å². The summed E-state index contributed by atoms with van der Waals surface area (Å²) in [6, 6.07) is 1.02. The van der Waals surface area contributed by atoms with Gasteiger partial charge in [0.2, 0.25) is 0 Å². The van der Waals surface area contributed by atoms with E-state index < -0.39 is 5.60 Å². The fraction of sp³-hybridized carbons (Fsp3) is 0.850. The molecule has 23 heavy (non-hydrogen) atoms. The van der Waals surface area contributed by atoms with Gasteiger partial charge in [-0.3, -0.25) is 4.79 Å². The summed E-state index contributed by atoms with van der Waals surface area (Å²) in [5.41, 5.74) is 0.461. The lowest BCUT2D eigenvalue weighted by molar-refractivity contribution is -0.122. The number of fused-ring (bicyclic) bond motifs is 9. The molecule has 126 valence electrons. The highest BCUT2D eigenvalue weighted by molar-refractivity contribution is 5.94. The summed E-state index contributed by atoms with van der Waals surface area (Å²) in [4.78, 5) is 12.7. The van der Waals surface area contributed by atoms with E-state index in [4.69, 9.17) is 0 Å². The van der Waals surface area contributed by atoms with Crippen molar-refractivity contribution in [2.45, 2.75) is 76.0 Å². The largest absolute Gasteiger partial charge is 0.385 e. The number of piperidine rings is 1. The number of hydrogen-bond donors (Lipinski definition) is 2. The maximum Gasteiger partial charge on any atom is 0.159 e. The second kappa shape index (κ2) is 4.92. The van der Waals surface area contributed by atoms with Crippen LogP contribution in [0.5, 0.6) is 0 Å². The van der Waals surface area contributed by atoms with E-state index >= 15 is 0 Å². The molecule has 0 amide bonds. The monoisotopic (exact) mass is 315 g/mol. The Hall–Kier alpha value is -0.670. The fourth-order valence-electron chi connectivity index (χ4n) is 7.11. The van der Waals surface area contributed by atoms with Crippen molar-refractivity contribution in [1.29, 1.82) is 0 Å². The minimum Gasteiger partial charge on any atom is -0.385 e. The lowest BCUT2D eigenvalue weighted by atomic mass is 9.63. The summed E-state index contributed by atoms with van der Waals surface area (Å²) < 4.78 is 0. The number of carbonyl (C=O) groups excluding carboxylic acids is 1. The van der Waals surface area contributed by atoms with E-state index in [0.29, 0.717) is 41.5 Å². The summed E-state index contributed by atoms with van der Waals surface area (Å²) in [6.07, 6.45) is 11.0. The normalized spacial score (nSPS) is 54.8. The van der Waals surface area contributed by atoms with E-state index in [9.17, 15) is 9.90 Å². The number of nitrogens with one attached hydrogen (secondary N) is 1. The Kier molecular flexibility index (Phi) is 3.13. The third-order valence-electron chi connectivity index (χ3n) is 7.95. The Morgan fingerprint density at radius 2 is 2.04 bits per heavy atom.